The maximum Gasteiger partial charge on any atom is 0.0459 e. The molecular formula is C17H24N2. The largest absolute Gasteiger partial charge is 0.361 e. The van der Waals surface area contributed by atoms with Crippen LogP contribution in [0.5, 0.6) is 0 Å². The predicted octanol–water partition coefficient (Wildman–Crippen LogP) is 3.57. The average Bonchev–Trinajstić information content (AvgIpc) is 2.78. The van der Waals surface area contributed by atoms with Crippen LogP contribution in [0, 0.1) is 5.92 Å². The molecule has 1 aliphatic carbocycles. The SMILES string of the molecule is CC(C)C(N)Cc1c[nH]c2cc3c(cc12)CCCC3. The molecule has 0 bridgehead atoms. The molecule has 2 aromatic rings. The van der Waals surface area contributed by atoms with Crippen molar-refractivity contribution in [2.24, 2.45) is 11.7 Å². The molecule has 1 heterocycles. The first-order valence-electron chi connectivity index (χ1n) is 7.52. The van der Waals surface area contributed by atoms with Crippen LogP contribution >= 0.6 is 0 Å². The minimum Gasteiger partial charge on any atom is -0.361 e. The van der Waals surface area contributed by atoms with E-state index in [0.29, 0.717) is 5.92 Å². The number of aromatic nitrogens is 1. The summed E-state index contributed by atoms with van der Waals surface area (Å²) < 4.78 is 0. The summed E-state index contributed by atoms with van der Waals surface area (Å²) in [6, 6.07) is 5.01. The third kappa shape index (κ3) is 2.42. The smallest absolute Gasteiger partial charge is 0.0459 e. The molecule has 102 valence electrons. The molecule has 0 radical (unpaired) electrons. The van der Waals surface area contributed by atoms with Crippen molar-refractivity contribution >= 4 is 10.9 Å². The van der Waals surface area contributed by atoms with Gasteiger partial charge < -0.3 is 10.7 Å². The Morgan fingerprint density at radius 2 is 1.84 bits per heavy atom. The highest BCUT2D eigenvalue weighted by Crippen LogP contribution is 2.29. The third-order valence-electron chi connectivity index (χ3n) is 4.54. The summed E-state index contributed by atoms with van der Waals surface area (Å²) in [5, 5.41) is 1.39. The zero-order valence-corrected chi connectivity index (χ0v) is 12.0. The van der Waals surface area contributed by atoms with E-state index in [2.05, 4.69) is 37.2 Å². The van der Waals surface area contributed by atoms with E-state index in [1.54, 1.807) is 11.1 Å². The van der Waals surface area contributed by atoms with Gasteiger partial charge in [0.05, 0.1) is 0 Å². The lowest BCUT2D eigenvalue weighted by Crippen LogP contribution is -2.28. The summed E-state index contributed by atoms with van der Waals surface area (Å²) in [5.41, 5.74) is 12.0. The first-order chi connectivity index (χ1) is 9.15. The molecule has 0 amide bonds. The molecule has 0 saturated heterocycles. The van der Waals surface area contributed by atoms with E-state index in [-0.39, 0.29) is 6.04 Å². The third-order valence-corrected chi connectivity index (χ3v) is 4.54. The fourth-order valence-electron chi connectivity index (χ4n) is 3.07. The van der Waals surface area contributed by atoms with Crippen molar-refractivity contribution in [3.8, 4) is 0 Å². The Morgan fingerprint density at radius 3 is 2.53 bits per heavy atom. The molecule has 0 spiro atoms. The molecule has 1 unspecified atom stereocenters. The molecule has 1 aromatic carbocycles. The van der Waals surface area contributed by atoms with Crippen molar-refractivity contribution in [1.29, 1.82) is 0 Å². The van der Waals surface area contributed by atoms with Crippen LogP contribution < -0.4 is 5.73 Å². The number of fused-ring (bicyclic) bond motifs is 2. The van der Waals surface area contributed by atoms with E-state index in [1.807, 2.05) is 0 Å². The van der Waals surface area contributed by atoms with Crippen LogP contribution in [0.15, 0.2) is 18.3 Å². The van der Waals surface area contributed by atoms with E-state index >= 15 is 0 Å². The van der Waals surface area contributed by atoms with E-state index in [9.17, 15) is 0 Å². The lowest BCUT2D eigenvalue weighted by Gasteiger charge is -2.17. The second kappa shape index (κ2) is 5.01. The van der Waals surface area contributed by atoms with Crippen molar-refractivity contribution in [1.82, 2.24) is 4.98 Å². The van der Waals surface area contributed by atoms with Crippen molar-refractivity contribution in [3.05, 3.63) is 35.0 Å². The highest BCUT2D eigenvalue weighted by Gasteiger charge is 2.15. The highest BCUT2D eigenvalue weighted by atomic mass is 14.7. The van der Waals surface area contributed by atoms with Gasteiger partial charge in [-0.2, -0.15) is 0 Å². The molecule has 1 aliphatic rings. The fourth-order valence-corrected chi connectivity index (χ4v) is 3.07. The summed E-state index contributed by atoms with van der Waals surface area (Å²) in [7, 11) is 0. The molecule has 19 heavy (non-hydrogen) atoms. The number of rotatable bonds is 3. The summed E-state index contributed by atoms with van der Waals surface area (Å²) in [6.45, 7) is 4.39. The van der Waals surface area contributed by atoms with Crippen LogP contribution in [0.4, 0.5) is 0 Å². The van der Waals surface area contributed by atoms with E-state index in [1.165, 1.54) is 42.1 Å². The topological polar surface area (TPSA) is 41.8 Å². The molecule has 0 fully saturated rings. The Hall–Kier alpha value is -1.28. The Balaban J connectivity index is 1.98. The van der Waals surface area contributed by atoms with Gasteiger partial charge >= 0.3 is 0 Å². The average molecular weight is 256 g/mol. The summed E-state index contributed by atoms with van der Waals surface area (Å²) in [6.07, 6.45) is 8.28. The zero-order valence-electron chi connectivity index (χ0n) is 12.0. The van der Waals surface area contributed by atoms with Gasteiger partial charge in [0.15, 0.2) is 0 Å². The van der Waals surface area contributed by atoms with Crippen LogP contribution in [0.2, 0.25) is 0 Å². The molecule has 3 N–H and O–H groups in total. The highest BCUT2D eigenvalue weighted by molar-refractivity contribution is 5.85. The molecular weight excluding hydrogens is 232 g/mol. The van der Waals surface area contributed by atoms with Crippen LogP contribution in [0.1, 0.15) is 43.4 Å². The molecule has 3 rings (SSSR count). The molecule has 1 atom stereocenters. The quantitative estimate of drug-likeness (QED) is 0.866. The van der Waals surface area contributed by atoms with Crippen LogP contribution in [-0.2, 0) is 19.3 Å². The zero-order chi connectivity index (χ0) is 13.4. The lowest BCUT2D eigenvalue weighted by molar-refractivity contribution is 0.491. The van der Waals surface area contributed by atoms with Gasteiger partial charge in [-0.1, -0.05) is 13.8 Å². The van der Waals surface area contributed by atoms with Gasteiger partial charge in [-0.3, -0.25) is 0 Å². The second-order valence-electron chi connectivity index (χ2n) is 6.30. The monoisotopic (exact) mass is 256 g/mol. The maximum atomic E-state index is 6.22. The number of nitrogens with two attached hydrogens (primary N) is 1. The minimum absolute atomic E-state index is 0.245. The standard InChI is InChI=1S/C17H24N2/c1-11(2)16(18)8-14-10-19-17-9-13-6-4-3-5-12(13)7-15(14)17/h7,9-11,16,19H,3-6,8,18H2,1-2H3. The molecule has 0 saturated carbocycles. The Labute approximate surface area is 115 Å². The van der Waals surface area contributed by atoms with E-state index in [4.69, 9.17) is 5.73 Å². The van der Waals surface area contributed by atoms with Gasteiger partial charge in [0.25, 0.3) is 0 Å². The number of benzene rings is 1. The Bertz CT molecular complexity index is 580. The normalized spacial score (nSPS) is 16.8. The summed E-state index contributed by atoms with van der Waals surface area (Å²) >= 11 is 0. The first-order valence-corrected chi connectivity index (χ1v) is 7.52. The van der Waals surface area contributed by atoms with Crippen molar-refractivity contribution in [2.75, 3.05) is 0 Å². The van der Waals surface area contributed by atoms with Gasteiger partial charge in [0, 0.05) is 23.1 Å². The molecule has 0 aliphatic heterocycles. The van der Waals surface area contributed by atoms with Crippen LogP contribution in [0.25, 0.3) is 10.9 Å². The summed E-state index contributed by atoms with van der Waals surface area (Å²) in [4.78, 5) is 3.43. The van der Waals surface area contributed by atoms with Gasteiger partial charge in [-0.05, 0) is 66.8 Å². The van der Waals surface area contributed by atoms with Gasteiger partial charge in [-0.15, -0.1) is 0 Å². The van der Waals surface area contributed by atoms with Gasteiger partial charge in [-0.25, -0.2) is 0 Å². The second-order valence-corrected chi connectivity index (χ2v) is 6.30. The Kier molecular flexibility index (Phi) is 3.36. The minimum atomic E-state index is 0.245. The van der Waals surface area contributed by atoms with E-state index < -0.39 is 0 Å². The molecule has 1 aromatic heterocycles. The number of nitrogens with one attached hydrogen (secondary N) is 1. The van der Waals surface area contributed by atoms with Crippen LogP contribution in [0.3, 0.4) is 0 Å². The number of hydrogen-bond acceptors (Lipinski definition) is 1. The number of H-pyrrole nitrogens is 1. The van der Waals surface area contributed by atoms with Crippen molar-refractivity contribution in [2.45, 2.75) is 52.0 Å². The van der Waals surface area contributed by atoms with Gasteiger partial charge in [0.2, 0.25) is 0 Å². The molecule has 2 heteroatoms. The number of aromatic amines is 1. The maximum absolute atomic E-state index is 6.22. The predicted molar refractivity (Wildman–Crippen MR) is 81.5 cm³/mol. The summed E-state index contributed by atoms with van der Waals surface area (Å²) in [5.74, 6) is 0.530. The van der Waals surface area contributed by atoms with E-state index in [0.717, 1.165) is 6.42 Å². The first kappa shape index (κ1) is 12.7. The lowest BCUT2D eigenvalue weighted by atomic mass is 9.89. The Morgan fingerprint density at radius 1 is 1.16 bits per heavy atom. The molecule has 2 nitrogen and oxygen atoms in total. The van der Waals surface area contributed by atoms with Crippen LogP contribution in [-0.4, -0.2) is 11.0 Å². The van der Waals surface area contributed by atoms with Crippen molar-refractivity contribution in [3.63, 3.8) is 0 Å². The van der Waals surface area contributed by atoms with Gasteiger partial charge in [0.1, 0.15) is 0 Å². The fraction of sp³-hybridized carbons (Fsp3) is 0.529. The van der Waals surface area contributed by atoms with Crippen molar-refractivity contribution < 1.29 is 0 Å². The number of hydrogen-bond donors (Lipinski definition) is 2. The number of aryl methyl sites for hydroxylation is 2.